The van der Waals surface area contributed by atoms with E-state index in [0.717, 1.165) is 0 Å². The van der Waals surface area contributed by atoms with Crippen LogP contribution in [0.5, 0.6) is 0 Å². The van der Waals surface area contributed by atoms with Crippen molar-refractivity contribution in [2.24, 2.45) is 0 Å². The molecule has 0 aliphatic carbocycles. The van der Waals surface area contributed by atoms with Crippen LogP contribution in [0.3, 0.4) is 0 Å². The van der Waals surface area contributed by atoms with Crippen molar-refractivity contribution in [1.29, 1.82) is 0 Å². The van der Waals surface area contributed by atoms with Crippen molar-refractivity contribution >= 4 is 39.1 Å². The standard InChI is InChI=1S/C10H8BrClFNO/c1-10(2)4-3-5(11)7(13)6(12)8(4)14-9(10)15/h3H,1-2H3,(H,14,15). The van der Waals surface area contributed by atoms with E-state index in [0.29, 0.717) is 11.3 Å². The number of fused-ring (bicyclic) bond motifs is 1. The van der Waals surface area contributed by atoms with Gasteiger partial charge in [0.25, 0.3) is 0 Å². The number of benzene rings is 1. The lowest BCUT2D eigenvalue weighted by atomic mass is 9.86. The van der Waals surface area contributed by atoms with Gasteiger partial charge in [-0.25, -0.2) is 4.39 Å². The fourth-order valence-electron chi connectivity index (χ4n) is 1.60. The van der Waals surface area contributed by atoms with Crippen LogP contribution in [0, 0.1) is 5.82 Å². The summed E-state index contributed by atoms with van der Waals surface area (Å²) in [6.07, 6.45) is 0. The molecule has 1 aromatic rings. The molecule has 1 aliphatic rings. The van der Waals surface area contributed by atoms with E-state index in [1.807, 2.05) is 0 Å². The molecule has 0 unspecified atom stereocenters. The summed E-state index contributed by atoms with van der Waals surface area (Å²) in [6, 6.07) is 1.59. The Balaban J connectivity index is 2.76. The maximum absolute atomic E-state index is 13.4. The second kappa shape index (κ2) is 3.19. The number of hydrogen-bond donors (Lipinski definition) is 1. The van der Waals surface area contributed by atoms with Crippen LogP contribution < -0.4 is 5.32 Å². The molecule has 0 radical (unpaired) electrons. The normalized spacial score (nSPS) is 17.5. The SMILES string of the molecule is CC1(C)C(=O)Nc2c1cc(Br)c(F)c2Cl. The van der Waals surface area contributed by atoms with E-state index in [2.05, 4.69) is 21.2 Å². The molecule has 0 atom stereocenters. The number of carbonyl (C=O) groups is 1. The van der Waals surface area contributed by atoms with Crippen molar-refractivity contribution < 1.29 is 9.18 Å². The molecule has 15 heavy (non-hydrogen) atoms. The first-order valence-electron chi connectivity index (χ1n) is 4.35. The first-order valence-corrected chi connectivity index (χ1v) is 5.52. The van der Waals surface area contributed by atoms with Crippen molar-refractivity contribution in [2.45, 2.75) is 19.3 Å². The van der Waals surface area contributed by atoms with Crippen molar-refractivity contribution in [1.82, 2.24) is 0 Å². The average molecular weight is 293 g/mol. The minimum absolute atomic E-state index is 0.0432. The third-order valence-electron chi connectivity index (χ3n) is 2.64. The molecule has 1 aromatic carbocycles. The van der Waals surface area contributed by atoms with Crippen LogP contribution in [0.2, 0.25) is 5.02 Å². The molecule has 1 amide bonds. The van der Waals surface area contributed by atoms with Crippen molar-refractivity contribution in [3.05, 3.63) is 26.9 Å². The lowest BCUT2D eigenvalue weighted by Gasteiger charge is -2.15. The Morgan fingerprint density at radius 1 is 1.53 bits per heavy atom. The van der Waals surface area contributed by atoms with Crippen molar-refractivity contribution in [3.8, 4) is 0 Å². The van der Waals surface area contributed by atoms with E-state index >= 15 is 0 Å². The molecule has 1 N–H and O–H groups in total. The van der Waals surface area contributed by atoms with Crippen LogP contribution in [-0.2, 0) is 10.2 Å². The van der Waals surface area contributed by atoms with Gasteiger partial charge < -0.3 is 5.32 Å². The maximum atomic E-state index is 13.4. The van der Waals surface area contributed by atoms with Gasteiger partial charge in [-0.2, -0.15) is 0 Å². The highest BCUT2D eigenvalue weighted by Crippen LogP contribution is 2.44. The topological polar surface area (TPSA) is 29.1 Å². The summed E-state index contributed by atoms with van der Waals surface area (Å²) in [4.78, 5) is 11.6. The summed E-state index contributed by atoms with van der Waals surface area (Å²) < 4.78 is 13.7. The zero-order chi connectivity index (χ0) is 11.4. The second-order valence-corrected chi connectivity index (χ2v) is 5.22. The van der Waals surface area contributed by atoms with E-state index in [9.17, 15) is 9.18 Å². The fourth-order valence-corrected chi connectivity index (χ4v) is 2.39. The highest BCUT2D eigenvalue weighted by molar-refractivity contribution is 9.10. The van der Waals surface area contributed by atoms with E-state index in [-0.39, 0.29) is 15.4 Å². The smallest absolute Gasteiger partial charge is 0.234 e. The van der Waals surface area contributed by atoms with Crippen LogP contribution in [-0.4, -0.2) is 5.91 Å². The Morgan fingerprint density at radius 3 is 2.73 bits per heavy atom. The summed E-state index contributed by atoms with van der Waals surface area (Å²) in [5.74, 6) is -0.717. The number of carbonyl (C=O) groups excluding carboxylic acids is 1. The molecule has 0 saturated carbocycles. The molecular formula is C10H8BrClFNO. The fraction of sp³-hybridized carbons (Fsp3) is 0.300. The number of rotatable bonds is 0. The monoisotopic (exact) mass is 291 g/mol. The van der Waals surface area contributed by atoms with Crippen molar-refractivity contribution in [2.75, 3.05) is 5.32 Å². The number of anilines is 1. The maximum Gasteiger partial charge on any atom is 0.234 e. The van der Waals surface area contributed by atoms with Gasteiger partial charge in [-0.05, 0) is 41.4 Å². The van der Waals surface area contributed by atoms with Gasteiger partial charge in [0.05, 0.1) is 15.6 Å². The van der Waals surface area contributed by atoms with Crippen LogP contribution in [0.15, 0.2) is 10.5 Å². The number of nitrogens with one attached hydrogen (secondary N) is 1. The molecule has 0 spiro atoms. The van der Waals surface area contributed by atoms with E-state index in [4.69, 9.17) is 11.6 Å². The molecule has 1 aliphatic heterocycles. The van der Waals surface area contributed by atoms with Gasteiger partial charge in [-0.15, -0.1) is 0 Å². The molecule has 1 heterocycles. The highest BCUT2D eigenvalue weighted by atomic mass is 79.9. The Bertz CT molecular complexity index is 473. The molecule has 5 heteroatoms. The van der Waals surface area contributed by atoms with E-state index in [1.165, 1.54) is 0 Å². The minimum Gasteiger partial charge on any atom is -0.324 e. The van der Waals surface area contributed by atoms with Gasteiger partial charge in [0, 0.05) is 0 Å². The molecule has 80 valence electrons. The first-order chi connectivity index (χ1) is 6.85. The Morgan fingerprint density at radius 2 is 2.13 bits per heavy atom. The summed E-state index contributed by atoms with van der Waals surface area (Å²) in [5.41, 5.74) is 0.424. The molecule has 0 bridgehead atoms. The van der Waals surface area contributed by atoms with Crippen LogP contribution >= 0.6 is 27.5 Å². The van der Waals surface area contributed by atoms with Gasteiger partial charge in [-0.3, -0.25) is 4.79 Å². The Kier molecular flexibility index (Phi) is 2.32. The lowest BCUT2D eigenvalue weighted by molar-refractivity contribution is -0.119. The van der Waals surface area contributed by atoms with Gasteiger partial charge >= 0.3 is 0 Å². The van der Waals surface area contributed by atoms with Gasteiger partial charge in [0.15, 0.2) is 5.82 Å². The van der Waals surface area contributed by atoms with E-state index < -0.39 is 11.2 Å². The zero-order valence-corrected chi connectivity index (χ0v) is 10.5. The molecule has 0 aromatic heterocycles. The summed E-state index contributed by atoms with van der Waals surface area (Å²) >= 11 is 8.89. The summed E-state index contributed by atoms with van der Waals surface area (Å²) in [6.45, 7) is 3.55. The minimum atomic E-state index is -0.671. The second-order valence-electron chi connectivity index (χ2n) is 3.99. The Labute approximate surface area is 99.9 Å². The average Bonchev–Trinajstić information content (AvgIpc) is 2.38. The van der Waals surface area contributed by atoms with Gasteiger partial charge in [0.1, 0.15) is 5.02 Å². The van der Waals surface area contributed by atoms with Gasteiger partial charge in [-0.1, -0.05) is 11.6 Å². The molecule has 0 saturated heterocycles. The predicted octanol–water partition coefficient (Wildman–Crippen LogP) is 3.47. The third-order valence-corrected chi connectivity index (χ3v) is 3.57. The number of hydrogen-bond acceptors (Lipinski definition) is 1. The first kappa shape index (κ1) is 10.9. The molecule has 2 nitrogen and oxygen atoms in total. The van der Waals surface area contributed by atoms with Crippen LogP contribution in [0.25, 0.3) is 0 Å². The largest absolute Gasteiger partial charge is 0.324 e. The number of amides is 1. The van der Waals surface area contributed by atoms with E-state index in [1.54, 1.807) is 19.9 Å². The van der Waals surface area contributed by atoms with Crippen LogP contribution in [0.1, 0.15) is 19.4 Å². The molecule has 2 rings (SSSR count). The highest BCUT2D eigenvalue weighted by Gasteiger charge is 2.40. The third kappa shape index (κ3) is 1.39. The Hall–Kier alpha value is -0.610. The quantitative estimate of drug-likeness (QED) is 0.729. The zero-order valence-electron chi connectivity index (χ0n) is 8.12. The summed E-state index contributed by atoms with van der Waals surface area (Å²) in [5, 5.41) is 2.55. The van der Waals surface area contributed by atoms with Crippen LogP contribution in [0.4, 0.5) is 10.1 Å². The number of halogens is 3. The summed E-state index contributed by atoms with van der Waals surface area (Å²) in [7, 11) is 0. The van der Waals surface area contributed by atoms with Gasteiger partial charge in [0.2, 0.25) is 5.91 Å². The van der Waals surface area contributed by atoms with Crippen molar-refractivity contribution in [3.63, 3.8) is 0 Å². The lowest BCUT2D eigenvalue weighted by Crippen LogP contribution is -2.26. The predicted molar refractivity (Wildman–Crippen MR) is 60.8 cm³/mol. The molecule has 0 fully saturated rings. The molecular weight excluding hydrogens is 284 g/mol.